The Balaban J connectivity index is 0.00000420. The molecule has 0 aliphatic rings. The molecule has 5 nitrogen and oxygen atoms in total. The van der Waals surface area contributed by atoms with E-state index < -0.39 is 17.2 Å². The van der Waals surface area contributed by atoms with Gasteiger partial charge in [-0.05, 0) is 23.8 Å². The van der Waals surface area contributed by atoms with Crippen LogP contribution < -0.4 is 20.5 Å². The van der Waals surface area contributed by atoms with Crippen molar-refractivity contribution in [3.05, 3.63) is 53.6 Å². The molecule has 2 aromatic carbocycles. The molecule has 9 heteroatoms. The zero-order valence-electron chi connectivity index (χ0n) is 16.6. The summed E-state index contributed by atoms with van der Waals surface area (Å²) >= 11 is 0. The largest absolute Gasteiger partial charge is 0.497 e. The standard InChI is InChI=1S/C20H24F3N3O2.HI/c1-19(2,13-6-5-7-14(10-13)20(21,22)23)12-25-18(24)26-16-11-15(27-3)8-9-17(16)28-4;/h5-11H,12H2,1-4H3,(H3,24,25,26);1H. The Morgan fingerprint density at radius 2 is 1.69 bits per heavy atom. The van der Waals surface area contributed by atoms with Gasteiger partial charge in [0.05, 0.1) is 32.0 Å². The number of aliphatic imine (C=N–C) groups is 1. The molecule has 0 aliphatic heterocycles. The minimum atomic E-state index is -4.39. The highest BCUT2D eigenvalue weighted by atomic mass is 127. The second kappa shape index (κ2) is 10.0. The molecule has 0 fully saturated rings. The van der Waals surface area contributed by atoms with Crippen LogP contribution in [0.2, 0.25) is 0 Å². The van der Waals surface area contributed by atoms with E-state index in [1.54, 1.807) is 31.4 Å². The van der Waals surface area contributed by atoms with Gasteiger partial charge < -0.3 is 20.5 Å². The van der Waals surface area contributed by atoms with E-state index in [0.717, 1.165) is 12.1 Å². The highest BCUT2D eigenvalue weighted by Crippen LogP contribution is 2.33. The van der Waals surface area contributed by atoms with Gasteiger partial charge in [-0.15, -0.1) is 24.0 Å². The molecule has 0 aromatic heterocycles. The summed E-state index contributed by atoms with van der Waals surface area (Å²) in [5.41, 5.74) is 5.73. The minimum Gasteiger partial charge on any atom is -0.497 e. The maximum Gasteiger partial charge on any atom is 0.416 e. The Bertz CT molecular complexity index is 855. The molecule has 29 heavy (non-hydrogen) atoms. The fraction of sp³-hybridized carbons (Fsp3) is 0.350. The number of nitrogens with one attached hydrogen (secondary N) is 1. The Hall–Kier alpha value is -2.17. The number of ether oxygens (including phenoxy) is 2. The third-order valence-corrected chi connectivity index (χ3v) is 4.29. The predicted octanol–water partition coefficient (Wildman–Crippen LogP) is 5.05. The molecule has 0 saturated heterocycles. The van der Waals surface area contributed by atoms with E-state index in [0.29, 0.717) is 22.7 Å². The molecule has 2 aromatic rings. The number of halogens is 4. The van der Waals surface area contributed by atoms with E-state index >= 15 is 0 Å². The summed E-state index contributed by atoms with van der Waals surface area (Å²) in [6.45, 7) is 3.82. The van der Waals surface area contributed by atoms with Crippen molar-refractivity contribution in [1.82, 2.24) is 0 Å². The summed E-state index contributed by atoms with van der Waals surface area (Å²) in [6.07, 6.45) is -4.39. The van der Waals surface area contributed by atoms with Crippen molar-refractivity contribution in [3.8, 4) is 11.5 Å². The van der Waals surface area contributed by atoms with Crippen molar-refractivity contribution in [1.29, 1.82) is 0 Å². The van der Waals surface area contributed by atoms with Crippen molar-refractivity contribution in [2.24, 2.45) is 10.7 Å². The lowest BCUT2D eigenvalue weighted by Crippen LogP contribution is -2.28. The van der Waals surface area contributed by atoms with Crippen LogP contribution in [-0.2, 0) is 11.6 Å². The van der Waals surface area contributed by atoms with Crippen LogP contribution in [0.3, 0.4) is 0 Å². The van der Waals surface area contributed by atoms with Crippen LogP contribution in [0.1, 0.15) is 25.0 Å². The first-order valence-corrected chi connectivity index (χ1v) is 8.53. The Morgan fingerprint density at radius 1 is 1.03 bits per heavy atom. The topological polar surface area (TPSA) is 68.9 Å². The second-order valence-corrected chi connectivity index (χ2v) is 6.86. The monoisotopic (exact) mass is 523 g/mol. The predicted molar refractivity (Wildman–Crippen MR) is 120 cm³/mol. The van der Waals surface area contributed by atoms with Gasteiger partial charge in [-0.2, -0.15) is 13.2 Å². The van der Waals surface area contributed by atoms with Gasteiger partial charge >= 0.3 is 6.18 Å². The molecule has 2 rings (SSSR count). The van der Waals surface area contributed by atoms with Gasteiger partial charge in [0.2, 0.25) is 0 Å². The maximum absolute atomic E-state index is 13.0. The molecular weight excluding hydrogens is 498 g/mol. The molecule has 0 unspecified atom stereocenters. The zero-order chi connectivity index (χ0) is 20.9. The van der Waals surface area contributed by atoms with Crippen LogP contribution in [0.4, 0.5) is 18.9 Å². The van der Waals surface area contributed by atoms with Gasteiger partial charge in [0, 0.05) is 11.5 Å². The summed E-state index contributed by atoms with van der Waals surface area (Å²) in [7, 11) is 3.07. The Labute approximate surface area is 185 Å². The molecule has 0 amide bonds. The van der Waals surface area contributed by atoms with Gasteiger partial charge in [0.1, 0.15) is 11.5 Å². The SMILES string of the molecule is COc1ccc(OC)c(NC(N)=NCC(C)(C)c2cccc(C(F)(F)F)c2)c1.I. The van der Waals surface area contributed by atoms with Gasteiger partial charge in [-0.1, -0.05) is 32.0 Å². The number of methoxy groups -OCH3 is 2. The quantitative estimate of drug-likeness (QED) is 0.316. The number of rotatable bonds is 6. The molecule has 3 N–H and O–H groups in total. The molecular formula is C20H25F3IN3O2. The van der Waals surface area contributed by atoms with E-state index in [1.807, 2.05) is 13.8 Å². The summed E-state index contributed by atoms with van der Waals surface area (Å²) in [5, 5.41) is 2.94. The number of guanidine groups is 1. The first-order valence-electron chi connectivity index (χ1n) is 8.53. The summed E-state index contributed by atoms with van der Waals surface area (Å²) in [4.78, 5) is 4.30. The number of hydrogen-bond acceptors (Lipinski definition) is 3. The zero-order valence-corrected chi connectivity index (χ0v) is 19.0. The molecule has 160 valence electrons. The summed E-state index contributed by atoms with van der Waals surface area (Å²) < 4.78 is 49.3. The van der Waals surface area contributed by atoms with Crippen molar-refractivity contribution < 1.29 is 22.6 Å². The third kappa shape index (κ3) is 6.69. The third-order valence-electron chi connectivity index (χ3n) is 4.29. The van der Waals surface area contributed by atoms with Crippen LogP contribution in [0.5, 0.6) is 11.5 Å². The Morgan fingerprint density at radius 3 is 2.28 bits per heavy atom. The first kappa shape index (κ1) is 24.9. The Kier molecular flexibility index (Phi) is 8.61. The lowest BCUT2D eigenvalue weighted by Gasteiger charge is -2.24. The van der Waals surface area contributed by atoms with Gasteiger partial charge in [0.15, 0.2) is 5.96 Å². The van der Waals surface area contributed by atoms with Crippen LogP contribution in [-0.4, -0.2) is 26.7 Å². The van der Waals surface area contributed by atoms with Gasteiger partial charge in [-0.3, -0.25) is 4.99 Å². The smallest absolute Gasteiger partial charge is 0.416 e. The van der Waals surface area contributed by atoms with E-state index in [2.05, 4.69) is 10.3 Å². The maximum atomic E-state index is 13.0. The molecule has 0 aliphatic carbocycles. The number of anilines is 1. The fourth-order valence-electron chi connectivity index (χ4n) is 2.58. The molecule has 0 saturated carbocycles. The van der Waals surface area contributed by atoms with Crippen LogP contribution >= 0.6 is 24.0 Å². The first-order chi connectivity index (χ1) is 13.1. The van der Waals surface area contributed by atoms with Crippen molar-refractivity contribution in [3.63, 3.8) is 0 Å². The normalized spacial score (nSPS) is 12.2. The van der Waals surface area contributed by atoms with E-state index in [9.17, 15) is 13.2 Å². The number of nitrogens with two attached hydrogens (primary N) is 1. The van der Waals surface area contributed by atoms with E-state index in [1.165, 1.54) is 13.2 Å². The average molecular weight is 523 g/mol. The van der Waals surface area contributed by atoms with Gasteiger partial charge in [-0.25, -0.2) is 0 Å². The summed E-state index contributed by atoms with van der Waals surface area (Å²) in [5.74, 6) is 1.28. The highest BCUT2D eigenvalue weighted by Gasteiger charge is 2.32. The van der Waals surface area contributed by atoms with E-state index in [4.69, 9.17) is 15.2 Å². The second-order valence-electron chi connectivity index (χ2n) is 6.86. The molecule has 0 bridgehead atoms. The van der Waals surface area contributed by atoms with Gasteiger partial charge in [0.25, 0.3) is 0 Å². The highest BCUT2D eigenvalue weighted by molar-refractivity contribution is 14.0. The number of hydrogen-bond donors (Lipinski definition) is 2. The minimum absolute atomic E-state index is 0. The number of alkyl halides is 3. The van der Waals surface area contributed by atoms with Crippen LogP contribution in [0, 0.1) is 0 Å². The molecule has 0 heterocycles. The van der Waals surface area contributed by atoms with Crippen molar-refractivity contribution in [2.75, 3.05) is 26.1 Å². The molecule has 0 radical (unpaired) electrons. The van der Waals surface area contributed by atoms with Crippen LogP contribution in [0.15, 0.2) is 47.5 Å². The summed E-state index contributed by atoms with van der Waals surface area (Å²) in [6, 6.07) is 10.4. The average Bonchev–Trinajstić information content (AvgIpc) is 2.66. The molecule has 0 spiro atoms. The lowest BCUT2D eigenvalue weighted by atomic mass is 9.84. The fourth-order valence-corrected chi connectivity index (χ4v) is 2.58. The van der Waals surface area contributed by atoms with Crippen LogP contribution in [0.25, 0.3) is 0 Å². The van der Waals surface area contributed by atoms with Crippen molar-refractivity contribution >= 4 is 35.6 Å². The lowest BCUT2D eigenvalue weighted by molar-refractivity contribution is -0.137. The molecule has 0 atom stereocenters. The number of benzene rings is 2. The van der Waals surface area contributed by atoms with E-state index in [-0.39, 0.29) is 36.5 Å². The van der Waals surface area contributed by atoms with Crippen molar-refractivity contribution in [2.45, 2.75) is 25.4 Å². The number of nitrogens with zero attached hydrogens (tertiary/aromatic N) is 1.